The Hall–Kier alpha value is -3.16. The van der Waals surface area contributed by atoms with E-state index in [2.05, 4.69) is 17.4 Å². The number of anilines is 1. The fourth-order valence-corrected chi connectivity index (χ4v) is 4.00. The quantitative estimate of drug-likeness (QED) is 0.555. The summed E-state index contributed by atoms with van der Waals surface area (Å²) in [5, 5.41) is 7.99. The number of fused-ring (bicyclic) bond motifs is 3. The van der Waals surface area contributed by atoms with Crippen molar-refractivity contribution >= 4 is 21.6 Å². The van der Waals surface area contributed by atoms with Crippen LogP contribution in [0.2, 0.25) is 0 Å². The van der Waals surface area contributed by atoms with E-state index in [1.807, 2.05) is 30.3 Å². The molecule has 0 saturated heterocycles. The lowest BCUT2D eigenvalue weighted by atomic mass is 10.1. The number of primary sulfonamides is 1. The fourth-order valence-electron chi connectivity index (χ4n) is 3.46. The third-order valence-corrected chi connectivity index (χ3v) is 5.71. The second-order valence-electron chi connectivity index (χ2n) is 6.57. The molecule has 0 aliphatic heterocycles. The van der Waals surface area contributed by atoms with Gasteiger partial charge in [-0.2, -0.15) is 0 Å². The van der Waals surface area contributed by atoms with Crippen molar-refractivity contribution in [2.75, 3.05) is 12.4 Å². The summed E-state index contributed by atoms with van der Waals surface area (Å²) in [4.78, 5) is 12.6. The largest absolute Gasteiger partial charge is 0.496 e. The lowest BCUT2D eigenvalue weighted by Crippen LogP contribution is -2.16. The summed E-state index contributed by atoms with van der Waals surface area (Å²) in [6, 6.07) is 17.9. The molecule has 1 amide bonds. The minimum atomic E-state index is -3.93. The zero-order valence-electron chi connectivity index (χ0n) is 15.1. The maximum atomic E-state index is 12.8. The van der Waals surface area contributed by atoms with Crippen LogP contribution >= 0.6 is 0 Å². The van der Waals surface area contributed by atoms with Crippen LogP contribution in [0.25, 0.3) is 11.1 Å². The van der Waals surface area contributed by atoms with E-state index in [-0.39, 0.29) is 16.2 Å². The van der Waals surface area contributed by atoms with Gasteiger partial charge in [0.1, 0.15) is 5.75 Å². The lowest BCUT2D eigenvalue weighted by molar-refractivity contribution is 0.102. The molecule has 4 rings (SSSR count). The van der Waals surface area contributed by atoms with Gasteiger partial charge in [-0.25, -0.2) is 13.6 Å². The standard InChI is InChI=1S/C21H18N2O4S/c1-27-20-9-7-16(28(22,25)26)12-19(20)21(24)23-15-6-8-18-14(11-15)10-13-4-2-3-5-17(13)18/h2-9,11-12H,10H2,1H3,(H,23,24)(H2,22,25,26). The van der Waals surface area contributed by atoms with Crippen molar-refractivity contribution in [2.24, 2.45) is 5.14 Å². The van der Waals surface area contributed by atoms with Crippen molar-refractivity contribution in [1.82, 2.24) is 0 Å². The number of benzene rings is 3. The highest BCUT2D eigenvalue weighted by Crippen LogP contribution is 2.37. The Labute approximate surface area is 163 Å². The molecule has 3 N–H and O–H groups in total. The summed E-state index contributed by atoms with van der Waals surface area (Å²) in [5.74, 6) is -0.212. The van der Waals surface area contributed by atoms with Gasteiger partial charge in [0.05, 0.1) is 17.6 Å². The number of carbonyl (C=O) groups excluding carboxylic acids is 1. The highest BCUT2D eigenvalue weighted by molar-refractivity contribution is 7.89. The minimum Gasteiger partial charge on any atom is -0.496 e. The van der Waals surface area contributed by atoms with E-state index in [0.29, 0.717) is 5.69 Å². The average molecular weight is 394 g/mol. The highest BCUT2D eigenvalue weighted by Gasteiger charge is 2.20. The normalized spacial score (nSPS) is 12.2. The van der Waals surface area contributed by atoms with Gasteiger partial charge in [0, 0.05) is 5.69 Å². The molecule has 3 aromatic carbocycles. The van der Waals surface area contributed by atoms with Crippen LogP contribution in [-0.4, -0.2) is 21.4 Å². The second kappa shape index (κ2) is 6.78. The lowest BCUT2D eigenvalue weighted by Gasteiger charge is -2.12. The van der Waals surface area contributed by atoms with Crippen molar-refractivity contribution in [3.05, 3.63) is 77.4 Å². The molecule has 0 unspecified atom stereocenters. The van der Waals surface area contributed by atoms with E-state index in [1.165, 1.54) is 36.4 Å². The van der Waals surface area contributed by atoms with Crippen LogP contribution < -0.4 is 15.2 Å². The van der Waals surface area contributed by atoms with E-state index in [1.54, 1.807) is 0 Å². The summed E-state index contributed by atoms with van der Waals surface area (Å²) in [6.45, 7) is 0. The first-order valence-corrected chi connectivity index (χ1v) is 10.1. The molecule has 0 aromatic heterocycles. The van der Waals surface area contributed by atoms with Crippen molar-refractivity contribution in [3.8, 4) is 16.9 Å². The van der Waals surface area contributed by atoms with Crippen molar-refractivity contribution in [3.63, 3.8) is 0 Å². The molecule has 7 heteroatoms. The van der Waals surface area contributed by atoms with E-state index >= 15 is 0 Å². The number of nitrogens with one attached hydrogen (secondary N) is 1. The predicted molar refractivity (Wildman–Crippen MR) is 107 cm³/mol. The van der Waals surface area contributed by atoms with Crippen molar-refractivity contribution in [1.29, 1.82) is 0 Å². The highest BCUT2D eigenvalue weighted by atomic mass is 32.2. The topological polar surface area (TPSA) is 98.5 Å². The monoisotopic (exact) mass is 394 g/mol. The molecular weight excluding hydrogens is 376 g/mol. The van der Waals surface area contributed by atoms with Gasteiger partial charge in [-0.15, -0.1) is 0 Å². The third-order valence-electron chi connectivity index (χ3n) is 4.80. The van der Waals surface area contributed by atoms with Gasteiger partial charge < -0.3 is 10.1 Å². The van der Waals surface area contributed by atoms with Crippen molar-refractivity contribution < 1.29 is 17.9 Å². The SMILES string of the molecule is COc1ccc(S(N)(=O)=O)cc1C(=O)Nc1ccc2c(c1)Cc1ccccc1-2. The third kappa shape index (κ3) is 3.26. The first kappa shape index (κ1) is 18.2. The van der Waals surface area contributed by atoms with Crippen LogP contribution in [-0.2, 0) is 16.4 Å². The van der Waals surface area contributed by atoms with Gasteiger partial charge in [-0.1, -0.05) is 30.3 Å². The Morgan fingerprint density at radius 3 is 2.50 bits per heavy atom. The molecule has 0 bridgehead atoms. The molecule has 0 fully saturated rings. The van der Waals surface area contributed by atoms with Crippen LogP contribution in [0.15, 0.2) is 65.6 Å². The van der Waals surface area contributed by atoms with E-state index in [0.717, 1.165) is 17.5 Å². The fraction of sp³-hybridized carbons (Fsp3) is 0.0952. The van der Waals surface area contributed by atoms with E-state index < -0.39 is 15.9 Å². The molecule has 1 aliphatic rings. The molecule has 1 aliphatic carbocycles. The van der Waals surface area contributed by atoms with Gasteiger partial charge in [0.15, 0.2) is 0 Å². The van der Waals surface area contributed by atoms with Crippen LogP contribution in [0.3, 0.4) is 0 Å². The Bertz CT molecular complexity index is 1200. The maximum absolute atomic E-state index is 12.8. The maximum Gasteiger partial charge on any atom is 0.259 e. The number of carbonyl (C=O) groups is 1. The smallest absolute Gasteiger partial charge is 0.259 e. The zero-order valence-corrected chi connectivity index (χ0v) is 15.9. The molecule has 6 nitrogen and oxygen atoms in total. The second-order valence-corrected chi connectivity index (χ2v) is 8.13. The Morgan fingerprint density at radius 2 is 1.75 bits per heavy atom. The first-order valence-electron chi connectivity index (χ1n) is 8.60. The molecule has 0 heterocycles. The Morgan fingerprint density at radius 1 is 1.00 bits per heavy atom. The number of hydrogen-bond donors (Lipinski definition) is 2. The summed E-state index contributed by atoms with van der Waals surface area (Å²) in [6.07, 6.45) is 0.805. The molecule has 0 radical (unpaired) electrons. The Balaban J connectivity index is 1.64. The Kier molecular flexibility index (Phi) is 4.41. The van der Waals surface area contributed by atoms with Gasteiger partial charge >= 0.3 is 0 Å². The van der Waals surface area contributed by atoms with Crippen LogP contribution in [0.5, 0.6) is 5.75 Å². The van der Waals surface area contributed by atoms with Gasteiger partial charge in [0.25, 0.3) is 5.91 Å². The van der Waals surface area contributed by atoms with E-state index in [9.17, 15) is 13.2 Å². The number of amides is 1. The van der Waals surface area contributed by atoms with Crippen molar-refractivity contribution in [2.45, 2.75) is 11.3 Å². The van der Waals surface area contributed by atoms with Gasteiger partial charge in [-0.05, 0) is 59.0 Å². The number of rotatable bonds is 4. The number of nitrogens with two attached hydrogens (primary N) is 1. The zero-order chi connectivity index (χ0) is 19.9. The number of hydrogen-bond acceptors (Lipinski definition) is 4. The summed E-state index contributed by atoms with van der Waals surface area (Å²) >= 11 is 0. The number of ether oxygens (including phenoxy) is 1. The average Bonchev–Trinajstić information content (AvgIpc) is 3.04. The first-order chi connectivity index (χ1) is 13.4. The molecule has 0 spiro atoms. The molecular formula is C21H18N2O4S. The molecule has 0 saturated carbocycles. The van der Waals surface area contributed by atoms with Gasteiger partial charge in [0.2, 0.25) is 10.0 Å². The van der Waals surface area contributed by atoms with Crippen LogP contribution in [0.1, 0.15) is 21.5 Å². The predicted octanol–water partition coefficient (Wildman–Crippen LogP) is 3.17. The number of methoxy groups -OCH3 is 1. The molecule has 142 valence electrons. The summed E-state index contributed by atoms with van der Waals surface area (Å²) in [7, 11) is -2.52. The minimum absolute atomic E-state index is 0.0952. The summed E-state index contributed by atoms with van der Waals surface area (Å²) < 4.78 is 28.4. The number of sulfonamides is 1. The summed E-state index contributed by atoms with van der Waals surface area (Å²) in [5.41, 5.74) is 5.46. The van der Waals surface area contributed by atoms with Crippen LogP contribution in [0.4, 0.5) is 5.69 Å². The molecule has 0 atom stereocenters. The van der Waals surface area contributed by atoms with Gasteiger partial charge in [-0.3, -0.25) is 4.79 Å². The van der Waals surface area contributed by atoms with Crippen LogP contribution in [0, 0.1) is 0 Å². The molecule has 3 aromatic rings. The van der Waals surface area contributed by atoms with E-state index in [4.69, 9.17) is 9.88 Å². The molecule has 28 heavy (non-hydrogen) atoms.